The van der Waals surface area contributed by atoms with Gasteiger partial charge in [-0.3, -0.25) is 9.97 Å². The molecule has 4 aromatic rings. The van der Waals surface area contributed by atoms with E-state index in [4.69, 9.17) is 15.5 Å². The van der Waals surface area contributed by atoms with Crippen molar-refractivity contribution in [1.29, 1.82) is 0 Å². The number of fused-ring (bicyclic) bond motifs is 2. The highest BCUT2D eigenvalue weighted by atomic mass is 16.5. The highest BCUT2D eigenvalue weighted by Crippen LogP contribution is 2.32. The minimum absolute atomic E-state index is 0.230. The summed E-state index contributed by atoms with van der Waals surface area (Å²) in [5.41, 5.74) is 14.6. The zero-order chi connectivity index (χ0) is 23.8. The number of pyridine rings is 2. The van der Waals surface area contributed by atoms with Crippen molar-refractivity contribution in [2.24, 2.45) is 11.7 Å². The summed E-state index contributed by atoms with van der Waals surface area (Å²) in [6.07, 6.45) is 7.78. The summed E-state index contributed by atoms with van der Waals surface area (Å²) >= 11 is 0. The summed E-state index contributed by atoms with van der Waals surface area (Å²) < 4.78 is 5.78. The topological polar surface area (TPSA) is 64.3 Å². The Balaban J connectivity index is 1.23. The highest BCUT2D eigenvalue weighted by molar-refractivity contribution is 5.84. The second kappa shape index (κ2) is 9.31. The molecule has 2 aliphatic heterocycles. The first-order chi connectivity index (χ1) is 17.1. The molecule has 0 spiro atoms. The number of piperidine rings is 1. The molecular formula is C30H32N4O. The van der Waals surface area contributed by atoms with E-state index in [2.05, 4.69) is 71.4 Å². The molecule has 178 valence electrons. The molecule has 2 aromatic heterocycles. The van der Waals surface area contributed by atoms with E-state index in [0.29, 0.717) is 5.92 Å². The van der Waals surface area contributed by atoms with Crippen LogP contribution in [0.4, 0.5) is 5.69 Å². The van der Waals surface area contributed by atoms with Gasteiger partial charge in [-0.15, -0.1) is 0 Å². The zero-order valence-electron chi connectivity index (χ0n) is 20.3. The molecule has 6 rings (SSSR count). The number of anilines is 1. The summed E-state index contributed by atoms with van der Waals surface area (Å²) in [5, 5.41) is 1.16. The third kappa shape index (κ3) is 4.61. The van der Waals surface area contributed by atoms with E-state index in [1.807, 2.05) is 12.4 Å². The van der Waals surface area contributed by atoms with Gasteiger partial charge in [-0.25, -0.2) is 0 Å². The van der Waals surface area contributed by atoms with Crippen LogP contribution in [0.2, 0.25) is 0 Å². The number of hydrogen-bond acceptors (Lipinski definition) is 5. The van der Waals surface area contributed by atoms with Crippen molar-refractivity contribution < 1.29 is 4.74 Å². The predicted octanol–water partition coefficient (Wildman–Crippen LogP) is 5.19. The van der Waals surface area contributed by atoms with Crippen LogP contribution in [0.3, 0.4) is 0 Å². The Labute approximate surface area is 207 Å². The molecule has 2 aromatic carbocycles. The van der Waals surface area contributed by atoms with Gasteiger partial charge < -0.3 is 15.4 Å². The molecule has 0 amide bonds. The van der Waals surface area contributed by atoms with Crippen LogP contribution in [-0.4, -0.2) is 35.7 Å². The number of benzene rings is 2. The molecule has 0 radical (unpaired) electrons. The largest absolute Gasteiger partial charge is 0.493 e. The maximum Gasteiger partial charge on any atom is 0.123 e. The number of ether oxygens (including phenoxy) is 1. The third-order valence-corrected chi connectivity index (χ3v) is 7.34. The van der Waals surface area contributed by atoms with Gasteiger partial charge in [-0.05, 0) is 71.7 Å². The van der Waals surface area contributed by atoms with Crippen molar-refractivity contribution in [1.82, 2.24) is 9.97 Å². The van der Waals surface area contributed by atoms with Gasteiger partial charge in [-0.2, -0.15) is 0 Å². The van der Waals surface area contributed by atoms with Crippen LogP contribution in [0.15, 0.2) is 67.0 Å². The Morgan fingerprint density at radius 3 is 2.77 bits per heavy atom. The van der Waals surface area contributed by atoms with Gasteiger partial charge in [0.05, 0.1) is 12.1 Å². The lowest BCUT2D eigenvalue weighted by molar-refractivity contribution is 0.357. The van der Waals surface area contributed by atoms with Gasteiger partial charge in [0.2, 0.25) is 0 Å². The molecule has 0 saturated carbocycles. The van der Waals surface area contributed by atoms with Crippen molar-refractivity contribution in [3.05, 3.63) is 83.8 Å². The van der Waals surface area contributed by atoms with E-state index in [-0.39, 0.29) is 6.04 Å². The van der Waals surface area contributed by atoms with E-state index < -0.39 is 0 Å². The predicted molar refractivity (Wildman–Crippen MR) is 142 cm³/mol. The molecule has 2 N–H and O–H groups in total. The first kappa shape index (κ1) is 22.1. The van der Waals surface area contributed by atoms with Crippen molar-refractivity contribution >= 4 is 16.6 Å². The van der Waals surface area contributed by atoms with E-state index in [1.165, 1.54) is 27.9 Å². The Bertz CT molecular complexity index is 1360. The summed E-state index contributed by atoms with van der Waals surface area (Å²) in [5.74, 6) is 1.62. The summed E-state index contributed by atoms with van der Waals surface area (Å²) in [6, 6.07) is 19.8. The van der Waals surface area contributed by atoms with Crippen LogP contribution in [-0.2, 0) is 19.3 Å². The standard InChI is InChI=1S/C30H32N4O/c1-20-14-26(31)19-34(18-20)29-10-12-32-17-25(29)7-9-27-8-6-21-2-4-23(15-28(21)33-27)24-5-3-22-11-13-35-30(22)16-24/h2-6,8,10,12,15-17,20,26H,7,9,11,13-14,18-19,31H2,1H3/t20-,26+/m1/s1. The van der Waals surface area contributed by atoms with Crippen molar-refractivity contribution in [3.63, 3.8) is 0 Å². The lowest BCUT2D eigenvalue weighted by Gasteiger charge is -2.37. The van der Waals surface area contributed by atoms with E-state index in [0.717, 1.165) is 67.7 Å². The molecule has 0 unspecified atom stereocenters. The number of nitrogens with two attached hydrogens (primary N) is 1. The maximum absolute atomic E-state index is 6.33. The molecule has 4 heterocycles. The van der Waals surface area contributed by atoms with Gasteiger partial charge in [0.1, 0.15) is 5.75 Å². The van der Waals surface area contributed by atoms with Gasteiger partial charge in [-0.1, -0.05) is 37.3 Å². The summed E-state index contributed by atoms with van der Waals surface area (Å²) in [6.45, 7) is 5.03. The summed E-state index contributed by atoms with van der Waals surface area (Å²) in [7, 11) is 0. The second-order valence-corrected chi connectivity index (χ2v) is 10.1. The average Bonchev–Trinajstić information content (AvgIpc) is 3.35. The van der Waals surface area contributed by atoms with Crippen LogP contribution in [0.5, 0.6) is 5.75 Å². The monoisotopic (exact) mass is 464 g/mol. The highest BCUT2D eigenvalue weighted by Gasteiger charge is 2.24. The summed E-state index contributed by atoms with van der Waals surface area (Å²) in [4.78, 5) is 11.9. The minimum Gasteiger partial charge on any atom is -0.493 e. The molecule has 0 aliphatic carbocycles. The SMILES string of the molecule is C[C@@H]1C[C@H](N)CN(c2ccncc2CCc2ccc3ccc(-c4ccc5c(c4)OCC5)cc3n2)C1. The van der Waals surface area contributed by atoms with Crippen molar-refractivity contribution in [2.45, 2.75) is 38.6 Å². The Hall–Kier alpha value is -3.44. The number of aromatic nitrogens is 2. The second-order valence-electron chi connectivity index (χ2n) is 10.1. The number of aryl methyl sites for hydroxylation is 2. The smallest absolute Gasteiger partial charge is 0.123 e. The van der Waals surface area contributed by atoms with Gasteiger partial charge in [0.25, 0.3) is 0 Å². The Morgan fingerprint density at radius 1 is 1.00 bits per heavy atom. The first-order valence-electron chi connectivity index (χ1n) is 12.7. The molecule has 2 atom stereocenters. The Kier molecular flexibility index (Phi) is 5.86. The Morgan fingerprint density at radius 2 is 1.86 bits per heavy atom. The van der Waals surface area contributed by atoms with E-state index in [9.17, 15) is 0 Å². The van der Waals surface area contributed by atoms with Crippen LogP contribution >= 0.6 is 0 Å². The fourth-order valence-electron chi connectivity index (χ4n) is 5.60. The third-order valence-electron chi connectivity index (χ3n) is 7.34. The quantitative estimate of drug-likeness (QED) is 0.440. The van der Waals surface area contributed by atoms with Crippen LogP contribution < -0.4 is 15.4 Å². The number of hydrogen-bond donors (Lipinski definition) is 1. The molecule has 5 heteroatoms. The fraction of sp³-hybridized carbons (Fsp3) is 0.333. The molecule has 2 aliphatic rings. The fourth-order valence-corrected chi connectivity index (χ4v) is 5.60. The average molecular weight is 465 g/mol. The molecule has 1 saturated heterocycles. The van der Waals surface area contributed by atoms with Crippen molar-refractivity contribution in [3.8, 4) is 16.9 Å². The van der Waals surface area contributed by atoms with Crippen molar-refractivity contribution in [2.75, 3.05) is 24.6 Å². The molecule has 0 bridgehead atoms. The minimum atomic E-state index is 0.230. The van der Waals surface area contributed by atoms with Crippen LogP contribution in [0, 0.1) is 5.92 Å². The zero-order valence-corrected chi connectivity index (χ0v) is 20.3. The van der Waals surface area contributed by atoms with Crippen LogP contribution in [0.25, 0.3) is 22.0 Å². The normalized spacial score (nSPS) is 19.5. The lowest BCUT2D eigenvalue weighted by Crippen LogP contribution is -2.46. The molecule has 35 heavy (non-hydrogen) atoms. The molecule has 5 nitrogen and oxygen atoms in total. The number of nitrogens with zero attached hydrogens (tertiary/aromatic N) is 3. The van der Waals surface area contributed by atoms with Gasteiger partial charge in [0, 0.05) is 54.7 Å². The molecule has 1 fully saturated rings. The van der Waals surface area contributed by atoms with Gasteiger partial charge >= 0.3 is 0 Å². The lowest BCUT2D eigenvalue weighted by atomic mass is 9.95. The van der Waals surface area contributed by atoms with Crippen LogP contribution in [0.1, 0.15) is 30.2 Å². The van der Waals surface area contributed by atoms with E-state index in [1.54, 1.807) is 0 Å². The van der Waals surface area contributed by atoms with E-state index >= 15 is 0 Å². The maximum atomic E-state index is 6.33. The molecular weight excluding hydrogens is 432 g/mol. The number of rotatable bonds is 5. The van der Waals surface area contributed by atoms with Gasteiger partial charge in [0.15, 0.2) is 0 Å². The first-order valence-corrected chi connectivity index (χ1v) is 12.7.